The molecule has 2 heterocycles. The van der Waals surface area contributed by atoms with Crippen molar-refractivity contribution in [2.24, 2.45) is 0 Å². The number of carbonyl (C=O) groups is 1. The predicted molar refractivity (Wildman–Crippen MR) is 125 cm³/mol. The summed E-state index contributed by atoms with van der Waals surface area (Å²) in [6.45, 7) is 3.14. The van der Waals surface area contributed by atoms with Gasteiger partial charge in [0.2, 0.25) is 0 Å². The molecule has 0 aliphatic carbocycles. The van der Waals surface area contributed by atoms with E-state index in [4.69, 9.17) is 14.5 Å². The van der Waals surface area contributed by atoms with E-state index in [0.29, 0.717) is 35.4 Å². The van der Waals surface area contributed by atoms with Crippen LogP contribution in [0.1, 0.15) is 22.3 Å². The summed E-state index contributed by atoms with van der Waals surface area (Å²) in [5.74, 6) is 0.588. The van der Waals surface area contributed by atoms with Crippen LogP contribution in [0.15, 0.2) is 54.6 Å². The number of pyridine rings is 1. The summed E-state index contributed by atoms with van der Waals surface area (Å²) in [6.07, 6.45) is 0.734. The number of aryl methyl sites for hydroxylation is 1. The smallest absolute Gasteiger partial charge is 0.252 e. The molecule has 0 bridgehead atoms. The van der Waals surface area contributed by atoms with E-state index < -0.39 is 0 Å². The van der Waals surface area contributed by atoms with Crippen LogP contribution in [-0.4, -0.2) is 48.5 Å². The third-order valence-electron chi connectivity index (χ3n) is 5.31. The SMILES string of the molecule is COCCCNC(=O)c1cc(-c2ccc(OC)cc2)nc2n[nH]c(-c3ccc(C)cc3)c12. The zero-order valence-electron chi connectivity index (χ0n) is 18.4. The fraction of sp³-hybridized carbons (Fsp3) is 0.240. The molecule has 4 aromatic rings. The van der Waals surface area contributed by atoms with Crippen LogP contribution in [0.5, 0.6) is 5.75 Å². The van der Waals surface area contributed by atoms with Crippen molar-refractivity contribution in [3.8, 4) is 28.3 Å². The maximum Gasteiger partial charge on any atom is 0.252 e. The van der Waals surface area contributed by atoms with Crippen LogP contribution < -0.4 is 10.1 Å². The lowest BCUT2D eigenvalue weighted by atomic mass is 10.0. The second kappa shape index (κ2) is 9.62. The molecular formula is C25H26N4O3. The highest BCUT2D eigenvalue weighted by Gasteiger charge is 2.20. The number of fused-ring (bicyclic) bond motifs is 1. The second-order valence-corrected chi connectivity index (χ2v) is 7.55. The van der Waals surface area contributed by atoms with Gasteiger partial charge in [-0.2, -0.15) is 5.10 Å². The van der Waals surface area contributed by atoms with Crippen molar-refractivity contribution in [1.82, 2.24) is 20.5 Å². The van der Waals surface area contributed by atoms with Crippen molar-refractivity contribution in [3.05, 3.63) is 65.7 Å². The molecule has 4 rings (SSSR count). The number of hydrogen-bond donors (Lipinski definition) is 2. The van der Waals surface area contributed by atoms with Gasteiger partial charge in [-0.05, 0) is 43.7 Å². The van der Waals surface area contributed by atoms with Gasteiger partial charge in [-0.3, -0.25) is 9.89 Å². The quantitative estimate of drug-likeness (QED) is 0.405. The van der Waals surface area contributed by atoms with E-state index in [2.05, 4.69) is 15.5 Å². The third-order valence-corrected chi connectivity index (χ3v) is 5.31. The zero-order chi connectivity index (χ0) is 22.5. The van der Waals surface area contributed by atoms with E-state index in [1.807, 2.05) is 61.5 Å². The number of nitrogens with zero attached hydrogens (tertiary/aromatic N) is 2. The number of aromatic nitrogens is 3. The van der Waals surface area contributed by atoms with Crippen LogP contribution in [0, 0.1) is 6.92 Å². The van der Waals surface area contributed by atoms with Crippen molar-refractivity contribution in [2.75, 3.05) is 27.4 Å². The Bertz CT molecular complexity index is 1210. The van der Waals surface area contributed by atoms with Gasteiger partial charge in [-0.1, -0.05) is 29.8 Å². The van der Waals surface area contributed by atoms with Crippen molar-refractivity contribution in [3.63, 3.8) is 0 Å². The lowest BCUT2D eigenvalue weighted by Crippen LogP contribution is -2.25. The molecule has 0 radical (unpaired) electrons. The lowest BCUT2D eigenvalue weighted by Gasteiger charge is -2.10. The molecule has 164 valence electrons. The highest BCUT2D eigenvalue weighted by atomic mass is 16.5. The van der Waals surface area contributed by atoms with E-state index in [9.17, 15) is 4.79 Å². The Morgan fingerprint density at radius 3 is 2.44 bits per heavy atom. The van der Waals surface area contributed by atoms with Gasteiger partial charge in [-0.25, -0.2) is 4.98 Å². The minimum Gasteiger partial charge on any atom is -0.497 e. The summed E-state index contributed by atoms with van der Waals surface area (Å²) in [6, 6.07) is 17.5. The van der Waals surface area contributed by atoms with Crippen LogP contribution in [-0.2, 0) is 4.74 Å². The summed E-state index contributed by atoms with van der Waals surface area (Å²) < 4.78 is 10.3. The molecule has 1 amide bonds. The standard InChI is InChI=1S/C25H26N4O3/c1-16-5-7-18(8-6-16)23-22-20(25(30)26-13-4-14-31-2)15-21(27-24(22)29-28-23)17-9-11-19(32-3)12-10-17/h5-12,15H,4,13-14H2,1-3H3,(H,26,30)(H,27,28,29). The molecule has 2 aromatic heterocycles. The molecule has 0 spiro atoms. The average molecular weight is 431 g/mol. The molecular weight excluding hydrogens is 404 g/mol. The summed E-state index contributed by atoms with van der Waals surface area (Å²) in [4.78, 5) is 17.9. The molecule has 32 heavy (non-hydrogen) atoms. The number of ether oxygens (including phenoxy) is 2. The molecule has 2 N–H and O–H groups in total. The van der Waals surface area contributed by atoms with E-state index in [1.165, 1.54) is 0 Å². The Labute approximate surface area is 186 Å². The summed E-state index contributed by atoms with van der Waals surface area (Å²) >= 11 is 0. The molecule has 0 unspecified atom stereocenters. The van der Waals surface area contributed by atoms with Crippen molar-refractivity contribution < 1.29 is 14.3 Å². The minimum atomic E-state index is -0.168. The number of H-pyrrole nitrogens is 1. The Balaban J connectivity index is 1.80. The minimum absolute atomic E-state index is 0.168. The van der Waals surface area contributed by atoms with Crippen LogP contribution in [0.2, 0.25) is 0 Å². The van der Waals surface area contributed by atoms with Crippen molar-refractivity contribution in [1.29, 1.82) is 0 Å². The van der Waals surface area contributed by atoms with Gasteiger partial charge in [0.1, 0.15) is 5.75 Å². The highest BCUT2D eigenvalue weighted by Crippen LogP contribution is 2.32. The monoisotopic (exact) mass is 430 g/mol. The van der Waals surface area contributed by atoms with Gasteiger partial charge in [0.05, 0.1) is 29.4 Å². The molecule has 2 aromatic carbocycles. The number of carbonyl (C=O) groups excluding carboxylic acids is 1. The van der Waals surface area contributed by atoms with Crippen LogP contribution in [0.25, 0.3) is 33.5 Å². The van der Waals surface area contributed by atoms with Crippen LogP contribution in [0.4, 0.5) is 0 Å². The van der Waals surface area contributed by atoms with Gasteiger partial charge < -0.3 is 14.8 Å². The predicted octanol–water partition coefficient (Wildman–Crippen LogP) is 4.38. The van der Waals surface area contributed by atoms with Crippen molar-refractivity contribution >= 4 is 16.9 Å². The first-order valence-electron chi connectivity index (χ1n) is 10.5. The first-order chi connectivity index (χ1) is 15.6. The van der Waals surface area contributed by atoms with E-state index in [-0.39, 0.29) is 5.91 Å². The summed E-state index contributed by atoms with van der Waals surface area (Å²) in [5, 5.41) is 11.2. The Kier molecular flexibility index (Phi) is 6.47. The number of rotatable bonds is 8. The molecule has 0 saturated heterocycles. The van der Waals surface area contributed by atoms with Gasteiger partial charge in [0.25, 0.3) is 5.91 Å². The van der Waals surface area contributed by atoms with E-state index >= 15 is 0 Å². The molecule has 7 heteroatoms. The Morgan fingerprint density at radius 1 is 1.03 bits per heavy atom. The third kappa shape index (κ3) is 4.48. The molecule has 0 aliphatic rings. The van der Waals surface area contributed by atoms with E-state index in [0.717, 1.165) is 34.6 Å². The lowest BCUT2D eigenvalue weighted by molar-refractivity contribution is 0.0950. The molecule has 0 saturated carbocycles. The normalized spacial score (nSPS) is 11.0. The summed E-state index contributed by atoms with van der Waals surface area (Å²) in [5.41, 5.74) is 5.46. The second-order valence-electron chi connectivity index (χ2n) is 7.55. The maximum atomic E-state index is 13.2. The Morgan fingerprint density at radius 2 is 1.75 bits per heavy atom. The topological polar surface area (TPSA) is 89.1 Å². The van der Waals surface area contributed by atoms with Gasteiger partial charge in [0.15, 0.2) is 5.65 Å². The Hall–Kier alpha value is -3.71. The molecule has 0 aliphatic heterocycles. The zero-order valence-corrected chi connectivity index (χ0v) is 18.4. The fourth-order valence-electron chi connectivity index (χ4n) is 3.56. The van der Waals surface area contributed by atoms with Crippen molar-refractivity contribution in [2.45, 2.75) is 13.3 Å². The van der Waals surface area contributed by atoms with Crippen LogP contribution in [0.3, 0.4) is 0 Å². The average Bonchev–Trinajstić information content (AvgIpc) is 3.26. The largest absolute Gasteiger partial charge is 0.497 e. The number of methoxy groups -OCH3 is 2. The number of hydrogen-bond acceptors (Lipinski definition) is 5. The van der Waals surface area contributed by atoms with Gasteiger partial charge >= 0.3 is 0 Å². The summed E-state index contributed by atoms with van der Waals surface area (Å²) in [7, 11) is 3.27. The number of nitrogens with one attached hydrogen (secondary N) is 2. The number of aromatic amines is 1. The van der Waals surface area contributed by atoms with Gasteiger partial charge in [-0.15, -0.1) is 0 Å². The van der Waals surface area contributed by atoms with Crippen LogP contribution >= 0.6 is 0 Å². The molecule has 7 nitrogen and oxygen atoms in total. The number of amides is 1. The van der Waals surface area contributed by atoms with Gasteiger partial charge in [0, 0.05) is 31.4 Å². The molecule has 0 atom stereocenters. The van der Waals surface area contributed by atoms with E-state index in [1.54, 1.807) is 14.2 Å². The highest BCUT2D eigenvalue weighted by molar-refractivity contribution is 6.10. The first kappa shape index (κ1) is 21.5. The number of benzene rings is 2. The molecule has 0 fully saturated rings. The fourth-order valence-corrected chi connectivity index (χ4v) is 3.56. The maximum absolute atomic E-state index is 13.2. The first-order valence-corrected chi connectivity index (χ1v) is 10.5.